The molecule has 1 aromatic carbocycles. The average Bonchev–Trinajstić information content (AvgIpc) is 3.54. The van der Waals surface area contributed by atoms with Crippen molar-refractivity contribution in [3.05, 3.63) is 76.4 Å². The second-order valence-electron chi connectivity index (χ2n) is 6.89. The molecule has 3 heterocycles. The summed E-state index contributed by atoms with van der Waals surface area (Å²) in [5, 5.41) is 8.10. The van der Waals surface area contributed by atoms with Crippen LogP contribution < -0.4 is 4.74 Å². The third-order valence-corrected chi connectivity index (χ3v) is 5.84. The van der Waals surface area contributed by atoms with Crippen molar-refractivity contribution in [1.82, 2.24) is 9.91 Å². The summed E-state index contributed by atoms with van der Waals surface area (Å²) in [5.41, 5.74) is 1.82. The van der Waals surface area contributed by atoms with Crippen LogP contribution in [0, 0.1) is 0 Å². The number of nitrogens with zero attached hydrogens (tertiary/aromatic N) is 3. The zero-order chi connectivity index (χ0) is 21.1. The van der Waals surface area contributed by atoms with Crippen LogP contribution in [0.1, 0.15) is 33.5 Å². The topological polar surface area (TPSA) is 75.3 Å². The number of hydrogen-bond acceptors (Lipinski definition) is 6. The molecule has 0 N–H and O–H groups in total. The van der Waals surface area contributed by atoms with Crippen molar-refractivity contribution in [2.45, 2.75) is 12.5 Å². The molecule has 154 valence electrons. The van der Waals surface area contributed by atoms with Crippen molar-refractivity contribution >= 4 is 28.9 Å². The Hall–Kier alpha value is -3.39. The number of hydrazone groups is 1. The van der Waals surface area contributed by atoms with Gasteiger partial charge in [0.25, 0.3) is 11.8 Å². The number of hydrogen-bond donors (Lipinski definition) is 0. The Kier molecular flexibility index (Phi) is 5.67. The fourth-order valence-electron chi connectivity index (χ4n) is 3.35. The Morgan fingerprint density at radius 3 is 2.67 bits per heavy atom. The van der Waals surface area contributed by atoms with Gasteiger partial charge in [-0.2, -0.15) is 5.10 Å². The van der Waals surface area contributed by atoms with Gasteiger partial charge < -0.3 is 14.1 Å². The Morgan fingerprint density at radius 2 is 2.03 bits per heavy atom. The molecular weight excluding hydrogens is 402 g/mol. The normalized spacial score (nSPS) is 15.7. The van der Waals surface area contributed by atoms with E-state index in [1.165, 1.54) is 16.2 Å². The molecule has 0 aliphatic carbocycles. The van der Waals surface area contributed by atoms with E-state index in [-0.39, 0.29) is 30.2 Å². The quantitative estimate of drug-likeness (QED) is 0.604. The minimum absolute atomic E-state index is 0.104. The van der Waals surface area contributed by atoms with Crippen molar-refractivity contribution in [1.29, 1.82) is 0 Å². The zero-order valence-corrected chi connectivity index (χ0v) is 17.5. The molecule has 30 heavy (non-hydrogen) atoms. The van der Waals surface area contributed by atoms with Crippen LogP contribution in [0.3, 0.4) is 0 Å². The van der Waals surface area contributed by atoms with Gasteiger partial charge in [-0.05, 0) is 41.3 Å². The van der Waals surface area contributed by atoms with Gasteiger partial charge >= 0.3 is 0 Å². The lowest BCUT2D eigenvalue weighted by Crippen LogP contribution is -2.39. The van der Waals surface area contributed by atoms with E-state index < -0.39 is 0 Å². The maximum absolute atomic E-state index is 13.1. The molecule has 0 bridgehead atoms. The summed E-state index contributed by atoms with van der Waals surface area (Å²) < 4.78 is 10.4. The van der Waals surface area contributed by atoms with E-state index in [2.05, 4.69) is 5.10 Å². The number of furan rings is 1. The second-order valence-corrected chi connectivity index (χ2v) is 7.84. The monoisotopic (exact) mass is 423 g/mol. The first kappa shape index (κ1) is 19.9. The maximum Gasteiger partial charge on any atom is 0.289 e. The highest BCUT2D eigenvalue weighted by Gasteiger charge is 2.34. The summed E-state index contributed by atoms with van der Waals surface area (Å²) in [5.74, 6) is 0.333. The number of methoxy groups -OCH3 is 1. The van der Waals surface area contributed by atoms with E-state index >= 15 is 0 Å². The molecule has 2 aromatic heterocycles. The Labute approximate surface area is 178 Å². The smallest absolute Gasteiger partial charge is 0.289 e. The number of ether oxygens (including phenoxy) is 1. The van der Waals surface area contributed by atoms with Crippen LogP contribution in [0.2, 0.25) is 0 Å². The lowest BCUT2D eigenvalue weighted by atomic mass is 10.0. The van der Waals surface area contributed by atoms with Crippen LogP contribution in [-0.4, -0.2) is 48.1 Å². The van der Waals surface area contributed by atoms with E-state index in [1.54, 1.807) is 37.6 Å². The second kappa shape index (κ2) is 8.54. The number of carbonyl (C=O) groups is 2. The molecule has 2 amide bonds. The number of benzene rings is 1. The van der Waals surface area contributed by atoms with Crippen molar-refractivity contribution in [2.75, 3.05) is 20.7 Å². The first-order valence-corrected chi connectivity index (χ1v) is 10.3. The number of thiophene rings is 1. The van der Waals surface area contributed by atoms with Crippen LogP contribution in [0.4, 0.5) is 0 Å². The zero-order valence-electron chi connectivity index (χ0n) is 16.6. The van der Waals surface area contributed by atoms with E-state index in [4.69, 9.17) is 9.15 Å². The largest absolute Gasteiger partial charge is 0.497 e. The van der Waals surface area contributed by atoms with Gasteiger partial charge in [0.05, 0.1) is 30.0 Å². The highest BCUT2D eigenvalue weighted by molar-refractivity contribution is 7.12. The first-order chi connectivity index (χ1) is 14.6. The van der Waals surface area contributed by atoms with Crippen molar-refractivity contribution in [2.24, 2.45) is 5.10 Å². The number of amides is 2. The highest BCUT2D eigenvalue weighted by Crippen LogP contribution is 2.34. The summed E-state index contributed by atoms with van der Waals surface area (Å²) in [4.78, 5) is 27.9. The lowest BCUT2D eigenvalue weighted by Gasteiger charge is -2.24. The molecule has 1 aliphatic rings. The maximum atomic E-state index is 13.1. The first-order valence-electron chi connectivity index (χ1n) is 9.43. The van der Waals surface area contributed by atoms with Crippen LogP contribution in [-0.2, 0) is 4.79 Å². The van der Waals surface area contributed by atoms with Crippen molar-refractivity contribution < 1.29 is 18.7 Å². The molecule has 3 aromatic rings. The summed E-state index contributed by atoms with van der Waals surface area (Å²) in [6.07, 6.45) is 2.04. The van der Waals surface area contributed by atoms with Crippen LogP contribution >= 0.6 is 11.3 Å². The van der Waals surface area contributed by atoms with E-state index in [0.29, 0.717) is 6.42 Å². The van der Waals surface area contributed by atoms with Crippen LogP contribution in [0.15, 0.2) is 69.7 Å². The van der Waals surface area contributed by atoms with Gasteiger partial charge in [0.2, 0.25) is 0 Å². The SMILES string of the molecule is COc1ccc([C@@H]2CC(c3cccs3)=NN2C(=O)CN(C)C(=O)c2ccco2)cc1. The average molecular weight is 423 g/mol. The van der Waals surface area contributed by atoms with Crippen LogP contribution in [0.25, 0.3) is 0 Å². The molecule has 0 saturated heterocycles. The van der Waals surface area contributed by atoms with Gasteiger partial charge in [0, 0.05) is 13.5 Å². The Bertz CT molecular complexity index is 1040. The van der Waals surface area contributed by atoms with Gasteiger partial charge in [0.15, 0.2) is 5.76 Å². The van der Waals surface area contributed by atoms with Crippen molar-refractivity contribution in [3.8, 4) is 5.75 Å². The van der Waals surface area contributed by atoms with Gasteiger partial charge in [-0.1, -0.05) is 18.2 Å². The molecule has 0 fully saturated rings. The number of rotatable bonds is 6. The molecule has 4 rings (SSSR count). The third kappa shape index (κ3) is 3.99. The van der Waals surface area contributed by atoms with E-state index in [1.807, 2.05) is 41.8 Å². The standard InChI is InChI=1S/C22H21N3O4S/c1-24(22(27)19-5-3-11-29-19)14-21(26)25-18(15-7-9-16(28-2)10-8-15)13-17(23-25)20-6-4-12-30-20/h3-12,18H,13-14H2,1-2H3/t18-/m0/s1. The molecule has 0 spiro atoms. The predicted molar refractivity (Wildman–Crippen MR) is 114 cm³/mol. The predicted octanol–water partition coefficient (Wildman–Crippen LogP) is 3.80. The molecule has 8 heteroatoms. The van der Waals surface area contributed by atoms with Gasteiger partial charge in [-0.25, -0.2) is 5.01 Å². The van der Waals surface area contributed by atoms with Crippen LogP contribution in [0.5, 0.6) is 5.75 Å². The van der Waals surface area contributed by atoms with Gasteiger partial charge in [-0.3, -0.25) is 9.59 Å². The van der Waals surface area contributed by atoms with Crippen molar-refractivity contribution in [3.63, 3.8) is 0 Å². The molecule has 1 aliphatic heterocycles. The fourth-order valence-corrected chi connectivity index (χ4v) is 4.07. The van der Waals surface area contributed by atoms with E-state index in [0.717, 1.165) is 21.9 Å². The Balaban J connectivity index is 1.57. The molecular formula is C22H21N3O4S. The lowest BCUT2D eigenvalue weighted by molar-refractivity contribution is -0.133. The summed E-state index contributed by atoms with van der Waals surface area (Å²) >= 11 is 1.59. The molecule has 0 radical (unpaired) electrons. The number of carbonyl (C=O) groups excluding carboxylic acids is 2. The molecule has 0 saturated carbocycles. The van der Waals surface area contributed by atoms with E-state index in [9.17, 15) is 9.59 Å². The van der Waals surface area contributed by atoms with Gasteiger partial charge in [0.1, 0.15) is 12.3 Å². The third-order valence-electron chi connectivity index (χ3n) is 4.92. The summed E-state index contributed by atoms with van der Waals surface area (Å²) in [6, 6.07) is 14.5. The minimum atomic E-state index is -0.351. The molecule has 7 nitrogen and oxygen atoms in total. The fraction of sp³-hybridized carbons (Fsp3) is 0.227. The number of likely N-dealkylation sites (N-methyl/N-ethyl adjacent to an activating group) is 1. The Morgan fingerprint density at radius 1 is 1.23 bits per heavy atom. The molecule has 1 atom stereocenters. The summed E-state index contributed by atoms with van der Waals surface area (Å²) in [6.45, 7) is -0.104. The van der Waals surface area contributed by atoms with Gasteiger partial charge in [-0.15, -0.1) is 11.3 Å². The summed E-state index contributed by atoms with van der Waals surface area (Å²) in [7, 11) is 3.19. The molecule has 0 unspecified atom stereocenters. The minimum Gasteiger partial charge on any atom is -0.497 e. The highest BCUT2D eigenvalue weighted by atomic mass is 32.1.